The maximum Gasteiger partial charge on any atom is 0.337 e. The summed E-state index contributed by atoms with van der Waals surface area (Å²) < 4.78 is 4.69. The first-order chi connectivity index (χ1) is 13.6. The summed E-state index contributed by atoms with van der Waals surface area (Å²) in [6.45, 7) is 0. The monoisotopic (exact) mass is 373 g/mol. The lowest BCUT2D eigenvalue weighted by atomic mass is 10.2. The Labute approximate surface area is 160 Å². The molecule has 1 heterocycles. The quantitative estimate of drug-likeness (QED) is 0.660. The van der Waals surface area contributed by atoms with Crippen LogP contribution < -0.4 is 10.6 Å². The first-order valence-electron chi connectivity index (χ1n) is 8.18. The second-order valence-corrected chi connectivity index (χ2v) is 5.60. The predicted molar refractivity (Wildman–Crippen MR) is 102 cm³/mol. The standard InChI is InChI=1S/C20H15N5O3/c1-28-20(27)13-6-4-7-15(9-13)24-18-12-22-17(11-23-18)19(26)25-16-8-3-2-5-14(16)10-21/h2-9,11-12H,1H3,(H,23,24)(H,25,26). The second kappa shape index (κ2) is 8.42. The number of nitrogens with zero attached hydrogens (tertiary/aromatic N) is 3. The van der Waals surface area contributed by atoms with Crippen LogP contribution in [-0.4, -0.2) is 29.0 Å². The van der Waals surface area contributed by atoms with Gasteiger partial charge < -0.3 is 15.4 Å². The number of para-hydroxylation sites is 1. The number of carbonyl (C=O) groups excluding carboxylic acids is 2. The van der Waals surface area contributed by atoms with Crippen molar-refractivity contribution in [1.82, 2.24) is 9.97 Å². The lowest BCUT2D eigenvalue weighted by molar-refractivity contribution is 0.0600. The van der Waals surface area contributed by atoms with E-state index in [0.717, 1.165) is 0 Å². The lowest BCUT2D eigenvalue weighted by Crippen LogP contribution is -2.15. The molecule has 0 unspecified atom stereocenters. The average molecular weight is 373 g/mol. The Balaban J connectivity index is 1.71. The number of amides is 1. The van der Waals surface area contributed by atoms with Gasteiger partial charge in [0, 0.05) is 5.69 Å². The van der Waals surface area contributed by atoms with Gasteiger partial charge in [0.05, 0.1) is 36.3 Å². The second-order valence-electron chi connectivity index (χ2n) is 5.60. The van der Waals surface area contributed by atoms with Gasteiger partial charge in [-0.3, -0.25) is 4.79 Å². The highest BCUT2D eigenvalue weighted by Crippen LogP contribution is 2.17. The fourth-order valence-corrected chi connectivity index (χ4v) is 2.38. The van der Waals surface area contributed by atoms with Gasteiger partial charge in [-0.25, -0.2) is 14.8 Å². The molecular formula is C20H15N5O3. The fourth-order valence-electron chi connectivity index (χ4n) is 2.38. The van der Waals surface area contributed by atoms with Crippen LogP contribution in [-0.2, 0) is 4.74 Å². The van der Waals surface area contributed by atoms with Crippen LogP contribution >= 0.6 is 0 Å². The molecule has 0 aliphatic rings. The molecule has 0 radical (unpaired) electrons. The van der Waals surface area contributed by atoms with Gasteiger partial charge in [-0.05, 0) is 30.3 Å². The molecule has 0 bridgehead atoms. The zero-order chi connectivity index (χ0) is 19.9. The average Bonchev–Trinajstić information content (AvgIpc) is 2.74. The molecule has 0 spiro atoms. The van der Waals surface area contributed by atoms with Gasteiger partial charge >= 0.3 is 5.97 Å². The van der Waals surface area contributed by atoms with Gasteiger partial charge in [-0.1, -0.05) is 18.2 Å². The Kier molecular flexibility index (Phi) is 5.58. The molecule has 0 fully saturated rings. The minimum atomic E-state index is -0.477. The van der Waals surface area contributed by atoms with Crippen molar-refractivity contribution in [3.8, 4) is 6.07 Å². The Morgan fingerprint density at radius 2 is 1.89 bits per heavy atom. The highest BCUT2D eigenvalue weighted by molar-refractivity contribution is 6.03. The molecule has 0 saturated carbocycles. The lowest BCUT2D eigenvalue weighted by Gasteiger charge is -2.08. The van der Waals surface area contributed by atoms with Gasteiger partial charge in [0.15, 0.2) is 0 Å². The molecule has 2 N–H and O–H groups in total. The van der Waals surface area contributed by atoms with Crippen molar-refractivity contribution in [2.45, 2.75) is 0 Å². The van der Waals surface area contributed by atoms with Crippen LogP contribution in [0.4, 0.5) is 17.2 Å². The third kappa shape index (κ3) is 4.28. The summed E-state index contributed by atoms with van der Waals surface area (Å²) in [5.74, 6) is -0.523. The summed E-state index contributed by atoms with van der Waals surface area (Å²) in [6.07, 6.45) is 2.72. The zero-order valence-electron chi connectivity index (χ0n) is 14.8. The molecule has 3 aromatic rings. The number of hydrogen-bond acceptors (Lipinski definition) is 7. The van der Waals surface area contributed by atoms with Crippen molar-refractivity contribution in [1.29, 1.82) is 5.26 Å². The van der Waals surface area contributed by atoms with E-state index in [-0.39, 0.29) is 5.69 Å². The topological polar surface area (TPSA) is 117 Å². The van der Waals surface area contributed by atoms with Crippen molar-refractivity contribution in [2.24, 2.45) is 0 Å². The molecule has 2 aromatic carbocycles. The SMILES string of the molecule is COC(=O)c1cccc(Nc2cnc(C(=O)Nc3ccccc3C#N)cn2)c1. The van der Waals surface area contributed by atoms with Gasteiger partial charge in [-0.15, -0.1) is 0 Å². The van der Waals surface area contributed by atoms with Crippen molar-refractivity contribution >= 4 is 29.1 Å². The number of methoxy groups -OCH3 is 1. The van der Waals surface area contributed by atoms with E-state index in [9.17, 15) is 9.59 Å². The number of nitrogens with one attached hydrogen (secondary N) is 2. The Hall–Kier alpha value is -4.25. The summed E-state index contributed by atoms with van der Waals surface area (Å²) in [5.41, 5.74) is 1.87. The summed E-state index contributed by atoms with van der Waals surface area (Å²) in [5, 5.41) is 14.7. The zero-order valence-corrected chi connectivity index (χ0v) is 14.8. The molecule has 0 saturated heterocycles. The van der Waals surface area contributed by atoms with Crippen molar-refractivity contribution in [3.63, 3.8) is 0 Å². The first kappa shape index (κ1) is 18.5. The highest BCUT2D eigenvalue weighted by atomic mass is 16.5. The minimum absolute atomic E-state index is 0.0987. The molecule has 8 nitrogen and oxygen atoms in total. The number of aromatic nitrogens is 2. The molecule has 8 heteroatoms. The van der Waals surface area contributed by atoms with Gasteiger partial charge in [-0.2, -0.15) is 5.26 Å². The van der Waals surface area contributed by atoms with Crippen LogP contribution in [0.15, 0.2) is 60.9 Å². The maximum absolute atomic E-state index is 12.3. The van der Waals surface area contributed by atoms with Gasteiger partial charge in [0.25, 0.3) is 5.91 Å². The third-order valence-corrected chi connectivity index (χ3v) is 3.74. The summed E-state index contributed by atoms with van der Waals surface area (Å²) in [6, 6.07) is 15.4. The maximum atomic E-state index is 12.3. The smallest absolute Gasteiger partial charge is 0.337 e. The fraction of sp³-hybridized carbons (Fsp3) is 0.0500. The van der Waals surface area contributed by atoms with E-state index in [1.54, 1.807) is 48.5 Å². The van der Waals surface area contributed by atoms with Crippen molar-refractivity contribution < 1.29 is 14.3 Å². The summed E-state index contributed by atoms with van der Waals surface area (Å²) in [7, 11) is 1.31. The number of rotatable bonds is 5. The number of hydrogen-bond donors (Lipinski definition) is 2. The van der Waals surface area contributed by atoms with Crippen molar-refractivity contribution in [2.75, 3.05) is 17.7 Å². The van der Waals surface area contributed by atoms with E-state index in [1.807, 2.05) is 6.07 Å². The molecule has 138 valence electrons. The third-order valence-electron chi connectivity index (χ3n) is 3.74. The van der Waals surface area contributed by atoms with E-state index in [4.69, 9.17) is 5.26 Å². The van der Waals surface area contributed by atoms with Gasteiger partial charge in [0.2, 0.25) is 0 Å². The van der Waals surface area contributed by atoms with Crippen LogP contribution in [0.25, 0.3) is 0 Å². The number of carbonyl (C=O) groups is 2. The molecule has 0 aliphatic carbocycles. The van der Waals surface area contributed by atoms with Crippen molar-refractivity contribution in [3.05, 3.63) is 77.7 Å². The molecule has 0 aliphatic heterocycles. The van der Waals surface area contributed by atoms with Crippen LogP contribution in [0.1, 0.15) is 26.4 Å². The van der Waals surface area contributed by atoms with Crippen LogP contribution in [0.3, 0.4) is 0 Å². The van der Waals surface area contributed by atoms with E-state index < -0.39 is 11.9 Å². The Morgan fingerprint density at radius 1 is 1.07 bits per heavy atom. The predicted octanol–water partition coefficient (Wildman–Crippen LogP) is 3.13. The molecule has 0 atom stereocenters. The Morgan fingerprint density at radius 3 is 2.61 bits per heavy atom. The van der Waals surface area contributed by atoms with Crippen LogP contribution in [0, 0.1) is 11.3 Å². The van der Waals surface area contributed by atoms with E-state index in [0.29, 0.717) is 28.3 Å². The number of nitriles is 1. The van der Waals surface area contributed by atoms with E-state index >= 15 is 0 Å². The molecular weight excluding hydrogens is 358 g/mol. The molecule has 1 aromatic heterocycles. The minimum Gasteiger partial charge on any atom is -0.465 e. The normalized spacial score (nSPS) is 9.86. The Bertz CT molecular complexity index is 1060. The van der Waals surface area contributed by atoms with Crippen LogP contribution in [0.5, 0.6) is 0 Å². The molecule has 3 rings (SSSR count). The highest BCUT2D eigenvalue weighted by Gasteiger charge is 2.11. The summed E-state index contributed by atoms with van der Waals surface area (Å²) in [4.78, 5) is 32.1. The van der Waals surface area contributed by atoms with Crippen LogP contribution in [0.2, 0.25) is 0 Å². The number of esters is 1. The van der Waals surface area contributed by atoms with E-state index in [2.05, 4.69) is 25.3 Å². The molecule has 28 heavy (non-hydrogen) atoms. The largest absolute Gasteiger partial charge is 0.465 e. The number of benzene rings is 2. The number of anilines is 3. The van der Waals surface area contributed by atoms with E-state index in [1.165, 1.54) is 19.5 Å². The van der Waals surface area contributed by atoms with Gasteiger partial charge in [0.1, 0.15) is 17.6 Å². The molecule has 1 amide bonds. The first-order valence-corrected chi connectivity index (χ1v) is 8.18. The summed E-state index contributed by atoms with van der Waals surface area (Å²) >= 11 is 0. The number of ether oxygens (including phenoxy) is 1.